The quantitative estimate of drug-likeness (QED) is 0.451. The molecule has 1 aromatic heterocycles. The molecule has 0 radical (unpaired) electrons. The van der Waals surface area contributed by atoms with Gasteiger partial charge in [0.1, 0.15) is 16.4 Å². The zero-order valence-corrected chi connectivity index (χ0v) is 21.5. The van der Waals surface area contributed by atoms with E-state index in [4.69, 9.17) is 37.7 Å². The van der Waals surface area contributed by atoms with Gasteiger partial charge in [0.15, 0.2) is 5.13 Å². The van der Waals surface area contributed by atoms with E-state index in [2.05, 4.69) is 4.90 Å². The van der Waals surface area contributed by atoms with Gasteiger partial charge in [0, 0.05) is 48.2 Å². The summed E-state index contributed by atoms with van der Waals surface area (Å²) < 4.78 is 38.6. The van der Waals surface area contributed by atoms with Gasteiger partial charge in [0.25, 0.3) is 0 Å². The zero-order chi connectivity index (χ0) is 23.8. The van der Waals surface area contributed by atoms with Crippen molar-refractivity contribution >= 4 is 49.7 Å². The number of piperazine rings is 1. The lowest BCUT2D eigenvalue weighted by Gasteiger charge is -2.34. The number of anilines is 1. The Hall–Kier alpha value is -2.04. The smallest absolute Gasteiger partial charge is 0.244 e. The molecule has 1 aliphatic heterocycles. The highest BCUT2D eigenvalue weighted by atomic mass is 35.5. The molecule has 0 atom stereocenters. The second-order valence-corrected chi connectivity index (χ2v) is 11.1. The number of nitrogens with zero attached hydrogens (tertiary/aromatic N) is 3. The number of halogens is 2. The first-order valence-electron chi connectivity index (χ1n) is 10.1. The fraction of sp³-hybridized carbons (Fsp3) is 0.318. The minimum atomic E-state index is -3.72. The van der Waals surface area contributed by atoms with Gasteiger partial charge < -0.3 is 14.4 Å². The Morgan fingerprint density at radius 2 is 1.73 bits per heavy atom. The molecule has 2 heterocycles. The predicted molar refractivity (Wildman–Crippen MR) is 133 cm³/mol. The van der Waals surface area contributed by atoms with Crippen molar-refractivity contribution in [3.05, 3.63) is 51.3 Å². The van der Waals surface area contributed by atoms with Gasteiger partial charge in [0.05, 0.1) is 24.9 Å². The Bertz CT molecular complexity index is 1270. The molecule has 3 aromatic rings. The van der Waals surface area contributed by atoms with Crippen molar-refractivity contribution in [2.45, 2.75) is 11.8 Å². The number of hydrogen-bond donors (Lipinski definition) is 0. The molecule has 4 rings (SSSR count). The molecule has 7 nitrogen and oxygen atoms in total. The first-order valence-corrected chi connectivity index (χ1v) is 13.2. The maximum Gasteiger partial charge on any atom is 0.244 e. The predicted octanol–water partition coefficient (Wildman–Crippen LogP) is 4.95. The minimum absolute atomic E-state index is 0.0858. The van der Waals surface area contributed by atoms with Crippen LogP contribution in [0.15, 0.2) is 40.6 Å². The number of thiazole rings is 1. The first kappa shape index (κ1) is 24.1. The van der Waals surface area contributed by atoms with E-state index in [0.717, 1.165) is 16.4 Å². The molecular weight excluding hydrogens is 505 g/mol. The van der Waals surface area contributed by atoms with Crippen molar-refractivity contribution in [1.29, 1.82) is 0 Å². The Labute approximate surface area is 207 Å². The number of benzene rings is 2. The van der Waals surface area contributed by atoms with Crippen LogP contribution in [0.1, 0.15) is 5.56 Å². The largest absolute Gasteiger partial charge is 0.497 e. The van der Waals surface area contributed by atoms with Crippen LogP contribution in [0.2, 0.25) is 10.0 Å². The molecule has 33 heavy (non-hydrogen) atoms. The van der Waals surface area contributed by atoms with Gasteiger partial charge in [-0.3, -0.25) is 0 Å². The highest BCUT2D eigenvalue weighted by molar-refractivity contribution is 7.89. The van der Waals surface area contributed by atoms with Crippen LogP contribution in [0.5, 0.6) is 11.5 Å². The van der Waals surface area contributed by atoms with Crippen molar-refractivity contribution in [1.82, 2.24) is 9.29 Å². The van der Waals surface area contributed by atoms with Crippen molar-refractivity contribution < 1.29 is 17.9 Å². The molecule has 0 N–H and O–H groups in total. The lowest BCUT2D eigenvalue weighted by Crippen LogP contribution is -2.48. The Balaban J connectivity index is 1.49. The van der Waals surface area contributed by atoms with E-state index in [1.165, 1.54) is 27.8 Å². The molecular formula is C22H23Cl2N3O4S2. The maximum absolute atomic E-state index is 13.2. The standard InChI is InChI=1S/C22H23Cl2N3O4S2/c1-14-10-21(18(24)12-17(14)23)33(28,29)27-8-6-26(7-9-27)22-25-19(13-32-22)16-5-4-15(30-2)11-20(16)31-3/h4-5,10-13H,6-9H2,1-3H3. The summed E-state index contributed by atoms with van der Waals surface area (Å²) in [4.78, 5) is 6.94. The van der Waals surface area contributed by atoms with Crippen LogP contribution in [-0.2, 0) is 10.0 Å². The first-order chi connectivity index (χ1) is 15.7. The summed E-state index contributed by atoms with van der Waals surface area (Å²) in [5.41, 5.74) is 2.34. The third-order valence-corrected chi connectivity index (χ3v) is 9.19. The molecule has 11 heteroatoms. The van der Waals surface area contributed by atoms with Crippen LogP contribution in [0, 0.1) is 6.92 Å². The normalized spacial score (nSPS) is 15.0. The van der Waals surface area contributed by atoms with E-state index in [1.807, 2.05) is 23.6 Å². The number of hydrogen-bond acceptors (Lipinski definition) is 7. The SMILES string of the molecule is COc1ccc(-c2csc(N3CCN(S(=O)(=O)c4cc(C)c(Cl)cc4Cl)CC3)n2)c(OC)c1. The molecule has 0 bridgehead atoms. The van der Waals surface area contributed by atoms with Crippen molar-refractivity contribution in [2.24, 2.45) is 0 Å². The molecule has 176 valence electrons. The maximum atomic E-state index is 13.2. The van der Waals surface area contributed by atoms with Gasteiger partial charge in [-0.2, -0.15) is 4.31 Å². The summed E-state index contributed by atoms with van der Waals surface area (Å²) in [6, 6.07) is 8.61. The fourth-order valence-electron chi connectivity index (χ4n) is 3.63. The summed E-state index contributed by atoms with van der Waals surface area (Å²) in [5, 5.41) is 3.38. The van der Waals surface area contributed by atoms with Gasteiger partial charge in [-0.1, -0.05) is 23.2 Å². The van der Waals surface area contributed by atoms with Gasteiger partial charge in [-0.15, -0.1) is 11.3 Å². The molecule has 0 saturated carbocycles. The van der Waals surface area contributed by atoms with Crippen molar-refractivity contribution in [3.63, 3.8) is 0 Å². The van der Waals surface area contributed by atoms with E-state index < -0.39 is 10.0 Å². The van der Waals surface area contributed by atoms with E-state index in [9.17, 15) is 8.42 Å². The third kappa shape index (κ3) is 4.79. The second kappa shape index (κ2) is 9.68. The molecule has 1 saturated heterocycles. The molecule has 2 aromatic carbocycles. The summed E-state index contributed by atoms with van der Waals surface area (Å²) in [5.74, 6) is 1.39. The fourth-order valence-corrected chi connectivity index (χ4v) is 6.74. The number of aryl methyl sites for hydroxylation is 1. The minimum Gasteiger partial charge on any atom is -0.497 e. The van der Waals surface area contributed by atoms with Gasteiger partial charge in [-0.05, 0) is 36.8 Å². The lowest BCUT2D eigenvalue weighted by atomic mass is 10.1. The van der Waals surface area contributed by atoms with Gasteiger partial charge in [0.2, 0.25) is 10.0 Å². The van der Waals surface area contributed by atoms with Crippen LogP contribution >= 0.6 is 34.5 Å². The lowest BCUT2D eigenvalue weighted by molar-refractivity contribution is 0.384. The van der Waals surface area contributed by atoms with Gasteiger partial charge in [-0.25, -0.2) is 13.4 Å². The van der Waals surface area contributed by atoms with Crippen molar-refractivity contribution in [3.8, 4) is 22.8 Å². The summed E-state index contributed by atoms with van der Waals surface area (Å²) in [7, 11) is -0.501. The summed E-state index contributed by atoms with van der Waals surface area (Å²) >= 11 is 13.8. The van der Waals surface area contributed by atoms with Crippen LogP contribution < -0.4 is 14.4 Å². The molecule has 0 spiro atoms. The number of rotatable bonds is 6. The molecule has 0 amide bonds. The van der Waals surface area contributed by atoms with Crippen LogP contribution in [0.3, 0.4) is 0 Å². The number of ether oxygens (including phenoxy) is 2. The van der Waals surface area contributed by atoms with Crippen LogP contribution in [0.4, 0.5) is 5.13 Å². The average molecular weight is 528 g/mol. The number of aromatic nitrogens is 1. The number of sulfonamides is 1. The highest BCUT2D eigenvalue weighted by Crippen LogP contribution is 2.36. The monoisotopic (exact) mass is 527 g/mol. The second-order valence-electron chi connectivity index (χ2n) is 7.50. The zero-order valence-electron chi connectivity index (χ0n) is 18.3. The molecule has 1 aliphatic rings. The third-order valence-electron chi connectivity index (χ3n) is 5.52. The Kier molecular flexibility index (Phi) is 7.07. The molecule has 0 aliphatic carbocycles. The molecule has 1 fully saturated rings. The van der Waals surface area contributed by atoms with Crippen LogP contribution in [-0.4, -0.2) is 58.1 Å². The highest BCUT2D eigenvalue weighted by Gasteiger charge is 2.31. The van der Waals surface area contributed by atoms with Gasteiger partial charge >= 0.3 is 0 Å². The Morgan fingerprint density at radius 3 is 2.39 bits per heavy atom. The summed E-state index contributed by atoms with van der Waals surface area (Å²) in [6.45, 7) is 3.47. The van der Waals surface area contributed by atoms with E-state index in [1.54, 1.807) is 21.1 Å². The van der Waals surface area contributed by atoms with Crippen molar-refractivity contribution in [2.75, 3.05) is 45.3 Å². The van der Waals surface area contributed by atoms with Crippen LogP contribution in [0.25, 0.3) is 11.3 Å². The van der Waals surface area contributed by atoms with E-state index >= 15 is 0 Å². The number of methoxy groups -OCH3 is 2. The summed E-state index contributed by atoms with van der Waals surface area (Å²) in [6.07, 6.45) is 0. The van der Waals surface area contributed by atoms with E-state index in [-0.39, 0.29) is 9.92 Å². The average Bonchev–Trinajstić information content (AvgIpc) is 3.31. The topological polar surface area (TPSA) is 72.0 Å². The van der Waals surface area contributed by atoms with E-state index in [0.29, 0.717) is 48.3 Å². The Morgan fingerprint density at radius 1 is 1.00 bits per heavy atom. The molecule has 0 unspecified atom stereocenters.